The van der Waals surface area contributed by atoms with Gasteiger partial charge in [-0.2, -0.15) is 17.0 Å². The van der Waals surface area contributed by atoms with E-state index in [-0.39, 0.29) is 10.6 Å². The van der Waals surface area contributed by atoms with Crippen LogP contribution in [0, 0.1) is 17.1 Å². The summed E-state index contributed by atoms with van der Waals surface area (Å²) in [5.74, 6) is -0.349. The van der Waals surface area contributed by atoms with E-state index in [1.54, 1.807) is 6.07 Å². The number of nitrogens with zero attached hydrogens (tertiary/aromatic N) is 1. The van der Waals surface area contributed by atoms with Gasteiger partial charge in [0.1, 0.15) is 5.82 Å². The van der Waals surface area contributed by atoms with Crippen molar-refractivity contribution in [2.45, 2.75) is 38.0 Å². The van der Waals surface area contributed by atoms with E-state index in [1.807, 2.05) is 17.8 Å². The summed E-state index contributed by atoms with van der Waals surface area (Å²) >= 11 is 1.87. The Morgan fingerprint density at radius 3 is 2.53 bits per heavy atom. The number of rotatable bonds is 7. The molecular weight excluding hydrogens is 259 g/mol. The summed E-state index contributed by atoms with van der Waals surface area (Å²) in [5, 5.41) is 12.2. The minimum absolute atomic E-state index is 0.241. The van der Waals surface area contributed by atoms with Gasteiger partial charge in [0.25, 0.3) is 0 Å². The maximum absolute atomic E-state index is 13.3. The van der Waals surface area contributed by atoms with Gasteiger partial charge >= 0.3 is 0 Å². The van der Waals surface area contributed by atoms with Gasteiger partial charge in [0.2, 0.25) is 0 Å². The molecule has 1 aromatic carbocycles. The summed E-state index contributed by atoms with van der Waals surface area (Å²) in [6, 6.07) is 6.44. The van der Waals surface area contributed by atoms with Gasteiger partial charge < -0.3 is 5.32 Å². The van der Waals surface area contributed by atoms with Crippen molar-refractivity contribution in [3.8, 4) is 6.07 Å². The molecule has 1 N–H and O–H groups in total. The standard InChI is InChI=1S/C15H21FN2S/c1-4-15(5-2,19-3)11-18-10-13-6-12(9-17)7-14(16)8-13/h6-8,18H,4-5,10-11H2,1-3H3. The minimum atomic E-state index is -0.349. The molecule has 0 unspecified atom stereocenters. The summed E-state index contributed by atoms with van der Waals surface area (Å²) in [7, 11) is 0. The van der Waals surface area contributed by atoms with Crippen LogP contribution in [-0.2, 0) is 6.54 Å². The van der Waals surface area contributed by atoms with E-state index in [2.05, 4.69) is 25.4 Å². The zero-order valence-corrected chi connectivity index (χ0v) is 12.6. The molecule has 1 aromatic rings. The quantitative estimate of drug-likeness (QED) is 0.827. The highest BCUT2D eigenvalue weighted by atomic mass is 32.2. The van der Waals surface area contributed by atoms with Gasteiger partial charge in [-0.25, -0.2) is 4.39 Å². The fraction of sp³-hybridized carbons (Fsp3) is 0.533. The fourth-order valence-corrected chi connectivity index (χ4v) is 2.94. The zero-order valence-electron chi connectivity index (χ0n) is 11.8. The van der Waals surface area contributed by atoms with Gasteiger partial charge in [-0.3, -0.25) is 0 Å². The topological polar surface area (TPSA) is 35.8 Å². The van der Waals surface area contributed by atoms with E-state index in [0.717, 1.165) is 24.9 Å². The van der Waals surface area contributed by atoms with Crippen LogP contribution in [0.25, 0.3) is 0 Å². The maximum Gasteiger partial charge on any atom is 0.124 e. The average molecular weight is 280 g/mol. The Balaban J connectivity index is 2.63. The molecule has 2 nitrogen and oxygen atoms in total. The predicted molar refractivity (Wildman–Crippen MR) is 79.6 cm³/mol. The Morgan fingerprint density at radius 2 is 2.00 bits per heavy atom. The molecule has 0 aliphatic rings. The van der Waals surface area contributed by atoms with Crippen LogP contribution in [-0.4, -0.2) is 17.5 Å². The van der Waals surface area contributed by atoms with Gasteiger partial charge in [-0.05, 0) is 42.9 Å². The number of hydrogen-bond acceptors (Lipinski definition) is 3. The van der Waals surface area contributed by atoms with Crippen LogP contribution >= 0.6 is 11.8 Å². The Labute approximate surface area is 119 Å². The van der Waals surface area contributed by atoms with Crippen molar-refractivity contribution < 1.29 is 4.39 Å². The van der Waals surface area contributed by atoms with Gasteiger partial charge in [-0.1, -0.05) is 13.8 Å². The third-order valence-corrected chi connectivity index (χ3v) is 5.17. The van der Waals surface area contributed by atoms with Gasteiger partial charge in [0.05, 0.1) is 11.6 Å². The molecule has 0 amide bonds. The lowest BCUT2D eigenvalue weighted by Gasteiger charge is -2.30. The molecule has 0 aliphatic carbocycles. The first-order chi connectivity index (χ1) is 9.09. The molecule has 104 valence electrons. The summed E-state index contributed by atoms with van der Waals surface area (Å²) in [4.78, 5) is 0. The van der Waals surface area contributed by atoms with Crippen molar-refractivity contribution in [2.24, 2.45) is 0 Å². The molecule has 0 heterocycles. The number of hydrogen-bond donors (Lipinski definition) is 1. The van der Waals surface area contributed by atoms with Crippen LogP contribution in [0.4, 0.5) is 4.39 Å². The van der Waals surface area contributed by atoms with Crippen molar-refractivity contribution in [1.29, 1.82) is 5.26 Å². The Bertz CT molecular complexity index is 442. The molecule has 0 saturated carbocycles. The number of nitriles is 1. The van der Waals surface area contributed by atoms with Crippen molar-refractivity contribution in [3.63, 3.8) is 0 Å². The van der Waals surface area contributed by atoms with E-state index in [4.69, 9.17) is 5.26 Å². The SMILES string of the molecule is CCC(CC)(CNCc1cc(F)cc(C#N)c1)SC. The first kappa shape index (κ1) is 16.0. The molecule has 0 aromatic heterocycles. The molecule has 0 aliphatic heterocycles. The second-order valence-corrected chi connectivity index (χ2v) is 5.93. The van der Waals surface area contributed by atoms with E-state index in [9.17, 15) is 4.39 Å². The zero-order chi connectivity index (χ0) is 14.3. The summed E-state index contributed by atoms with van der Waals surface area (Å²) in [5.41, 5.74) is 1.19. The second-order valence-electron chi connectivity index (χ2n) is 4.66. The minimum Gasteiger partial charge on any atom is -0.311 e. The molecule has 0 radical (unpaired) electrons. The lowest BCUT2D eigenvalue weighted by atomic mass is 10.0. The average Bonchev–Trinajstić information content (AvgIpc) is 2.43. The van der Waals surface area contributed by atoms with Crippen molar-refractivity contribution >= 4 is 11.8 Å². The highest BCUT2D eigenvalue weighted by molar-refractivity contribution is 8.00. The van der Waals surface area contributed by atoms with Crippen LogP contribution < -0.4 is 5.32 Å². The normalized spacial score (nSPS) is 11.3. The van der Waals surface area contributed by atoms with E-state index >= 15 is 0 Å². The van der Waals surface area contributed by atoms with Crippen LogP contribution in [0.15, 0.2) is 18.2 Å². The van der Waals surface area contributed by atoms with Gasteiger partial charge in [-0.15, -0.1) is 0 Å². The summed E-state index contributed by atoms with van der Waals surface area (Å²) in [6.45, 7) is 5.86. The van der Waals surface area contributed by atoms with Crippen LogP contribution in [0.5, 0.6) is 0 Å². The van der Waals surface area contributed by atoms with Crippen molar-refractivity contribution in [1.82, 2.24) is 5.32 Å². The number of benzene rings is 1. The molecular formula is C15H21FN2S. The van der Waals surface area contributed by atoms with Crippen molar-refractivity contribution in [3.05, 3.63) is 35.1 Å². The van der Waals surface area contributed by atoms with E-state index < -0.39 is 0 Å². The van der Waals surface area contributed by atoms with Gasteiger partial charge in [0.15, 0.2) is 0 Å². The summed E-state index contributed by atoms with van der Waals surface area (Å²) in [6.07, 6.45) is 4.33. The molecule has 0 spiro atoms. The molecule has 4 heteroatoms. The molecule has 0 atom stereocenters. The Morgan fingerprint density at radius 1 is 1.32 bits per heavy atom. The predicted octanol–water partition coefficient (Wildman–Crippen LogP) is 3.71. The van der Waals surface area contributed by atoms with Gasteiger partial charge in [0, 0.05) is 17.8 Å². The summed E-state index contributed by atoms with van der Waals surface area (Å²) < 4.78 is 13.5. The Kier molecular flexibility index (Phi) is 6.33. The highest BCUT2D eigenvalue weighted by Crippen LogP contribution is 2.29. The second kappa shape index (κ2) is 7.52. The van der Waals surface area contributed by atoms with Crippen LogP contribution in [0.3, 0.4) is 0 Å². The highest BCUT2D eigenvalue weighted by Gasteiger charge is 2.23. The molecule has 0 saturated heterocycles. The molecule has 0 bridgehead atoms. The lowest BCUT2D eigenvalue weighted by Crippen LogP contribution is -2.36. The fourth-order valence-electron chi connectivity index (χ4n) is 2.11. The first-order valence-corrected chi connectivity index (χ1v) is 7.77. The number of nitrogens with one attached hydrogen (secondary N) is 1. The number of halogens is 1. The van der Waals surface area contributed by atoms with E-state index in [0.29, 0.717) is 12.1 Å². The molecule has 1 rings (SSSR count). The third kappa shape index (κ3) is 4.52. The monoisotopic (exact) mass is 280 g/mol. The van der Waals surface area contributed by atoms with E-state index in [1.165, 1.54) is 12.1 Å². The molecule has 19 heavy (non-hydrogen) atoms. The largest absolute Gasteiger partial charge is 0.311 e. The Hall–Kier alpha value is -1.05. The molecule has 0 fully saturated rings. The number of thioether (sulfide) groups is 1. The van der Waals surface area contributed by atoms with Crippen LogP contribution in [0.1, 0.15) is 37.8 Å². The smallest absolute Gasteiger partial charge is 0.124 e. The van der Waals surface area contributed by atoms with Crippen molar-refractivity contribution in [2.75, 3.05) is 12.8 Å². The maximum atomic E-state index is 13.3. The lowest BCUT2D eigenvalue weighted by molar-refractivity contribution is 0.494. The third-order valence-electron chi connectivity index (χ3n) is 3.58. The van der Waals surface area contributed by atoms with Crippen LogP contribution in [0.2, 0.25) is 0 Å². The first-order valence-electron chi connectivity index (χ1n) is 6.54.